The number of allylic oxidation sites excluding steroid dienone is 1. The number of aromatic nitrogens is 6. The van der Waals surface area contributed by atoms with Crippen molar-refractivity contribution >= 4 is 11.5 Å². The highest BCUT2D eigenvalue weighted by Gasteiger charge is 2.24. The molecule has 0 saturated carbocycles. The van der Waals surface area contributed by atoms with Gasteiger partial charge in [-0.15, -0.1) is 0 Å². The molecule has 0 spiro atoms. The third-order valence-electron chi connectivity index (χ3n) is 5.26. The van der Waals surface area contributed by atoms with Gasteiger partial charge in [0.05, 0.1) is 41.2 Å². The Morgan fingerprint density at radius 2 is 2.04 bits per heavy atom. The summed E-state index contributed by atoms with van der Waals surface area (Å²) in [6, 6.07) is 0. The molecule has 28 heavy (non-hydrogen) atoms. The predicted octanol–water partition coefficient (Wildman–Crippen LogP) is 1.78. The van der Waals surface area contributed by atoms with Crippen LogP contribution in [0, 0.1) is 6.92 Å². The number of carbonyl (C=O) groups is 1. The maximum absolute atomic E-state index is 12.2. The molecule has 0 aromatic carbocycles. The largest absolute Gasteiger partial charge is 0.350 e. The van der Waals surface area contributed by atoms with Gasteiger partial charge in [-0.1, -0.05) is 6.08 Å². The minimum absolute atomic E-state index is 0.0133. The summed E-state index contributed by atoms with van der Waals surface area (Å²) in [7, 11) is 1.87. The van der Waals surface area contributed by atoms with Gasteiger partial charge in [-0.3, -0.25) is 19.1 Å². The van der Waals surface area contributed by atoms with Crippen molar-refractivity contribution in [3.05, 3.63) is 53.0 Å². The fraction of sp³-hybridized carbons (Fsp3) is 0.350. The predicted molar refractivity (Wildman–Crippen MR) is 103 cm³/mol. The minimum Gasteiger partial charge on any atom is -0.350 e. The van der Waals surface area contributed by atoms with Gasteiger partial charge in [0.25, 0.3) is 0 Å². The van der Waals surface area contributed by atoms with Crippen LogP contribution in [0.3, 0.4) is 0 Å². The lowest BCUT2D eigenvalue weighted by atomic mass is 10.1. The van der Waals surface area contributed by atoms with Crippen LogP contribution in [0.2, 0.25) is 0 Å². The Balaban J connectivity index is 1.66. The number of fused-ring (bicyclic) bond motifs is 6. The normalized spacial score (nSPS) is 16.1. The smallest absolute Gasteiger partial charge is 0.220 e. The average Bonchev–Trinajstić information content (AvgIpc) is 3.35. The number of nitrogens with one attached hydrogen (secondary N) is 1. The highest BCUT2D eigenvalue weighted by molar-refractivity contribution is 5.83. The molecule has 2 aliphatic rings. The van der Waals surface area contributed by atoms with Gasteiger partial charge in [0.1, 0.15) is 0 Å². The van der Waals surface area contributed by atoms with E-state index >= 15 is 0 Å². The Labute approximate surface area is 162 Å². The molecule has 0 saturated heterocycles. The molecule has 4 bridgehead atoms. The summed E-state index contributed by atoms with van der Waals surface area (Å²) in [5.74, 6) is 0.0133. The van der Waals surface area contributed by atoms with Crippen LogP contribution in [0.25, 0.3) is 16.8 Å². The van der Waals surface area contributed by atoms with Crippen molar-refractivity contribution < 1.29 is 4.79 Å². The summed E-state index contributed by atoms with van der Waals surface area (Å²) in [5, 5.41) is 12.1. The molecule has 1 N–H and O–H groups in total. The summed E-state index contributed by atoms with van der Waals surface area (Å²) in [6.45, 7) is 3.09. The second kappa shape index (κ2) is 6.40. The molecule has 5 rings (SSSR count). The van der Waals surface area contributed by atoms with Crippen molar-refractivity contribution in [1.82, 2.24) is 34.8 Å². The summed E-state index contributed by atoms with van der Waals surface area (Å²) in [6.07, 6.45) is 9.92. The van der Waals surface area contributed by atoms with E-state index in [0.717, 1.165) is 58.0 Å². The molecule has 0 fully saturated rings. The number of nitrogens with zero attached hydrogens (tertiary/aromatic N) is 6. The third-order valence-corrected chi connectivity index (χ3v) is 5.26. The van der Waals surface area contributed by atoms with Gasteiger partial charge in [0, 0.05) is 55.5 Å². The van der Waals surface area contributed by atoms with Crippen LogP contribution >= 0.6 is 0 Å². The van der Waals surface area contributed by atoms with E-state index in [9.17, 15) is 4.79 Å². The second-order valence-corrected chi connectivity index (χ2v) is 7.31. The van der Waals surface area contributed by atoms with Gasteiger partial charge in [0.2, 0.25) is 5.91 Å². The van der Waals surface area contributed by atoms with E-state index in [1.807, 2.05) is 24.9 Å². The molecule has 1 aliphatic heterocycles. The van der Waals surface area contributed by atoms with Gasteiger partial charge < -0.3 is 5.32 Å². The minimum atomic E-state index is 0.0133. The molecular formula is C20H21N7O. The first-order chi connectivity index (χ1) is 13.6. The Morgan fingerprint density at radius 1 is 1.14 bits per heavy atom. The van der Waals surface area contributed by atoms with Gasteiger partial charge in [0.15, 0.2) is 0 Å². The Kier molecular flexibility index (Phi) is 3.85. The van der Waals surface area contributed by atoms with Crippen LogP contribution in [0.1, 0.15) is 41.2 Å². The summed E-state index contributed by atoms with van der Waals surface area (Å²) < 4.78 is 3.67. The van der Waals surface area contributed by atoms with Crippen LogP contribution < -0.4 is 5.32 Å². The summed E-state index contributed by atoms with van der Waals surface area (Å²) in [4.78, 5) is 21.8. The van der Waals surface area contributed by atoms with Crippen molar-refractivity contribution in [2.24, 2.45) is 7.05 Å². The Morgan fingerprint density at radius 3 is 2.93 bits per heavy atom. The average molecular weight is 375 g/mol. The molecule has 1 aliphatic carbocycles. The zero-order valence-electron chi connectivity index (χ0n) is 15.9. The zero-order valence-corrected chi connectivity index (χ0v) is 15.9. The van der Waals surface area contributed by atoms with E-state index in [1.54, 1.807) is 10.9 Å². The highest BCUT2D eigenvalue weighted by Crippen LogP contribution is 2.33. The molecule has 4 heterocycles. The maximum atomic E-state index is 12.2. The SMILES string of the molecule is Cc1nn2cc1C1=CCc3ncc(nc31)-c1cn(C)nc1CNC(=O)CCC2. The maximum Gasteiger partial charge on any atom is 0.220 e. The molecule has 0 radical (unpaired) electrons. The lowest BCUT2D eigenvalue weighted by Gasteiger charge is -2.08. The topological polar surface area (TPSA) is 90.5 Å². The summed E-state index contributed by atoms with van der Waals surface area (Å²) in [5.41, 5.74) is 7.48. The van der Waals surface area contributed by atoms with E-state index in [1.165, 1.54) is 0 Å². The Bertz CT molecular complexity index is 1120. The number of amides is 1. The van der Waals surface area contributed by atoms with Gasteiger partial charge >= 0.3 is 0 Å². The van der Waals surface area contributed by atoms with Crippen LogP contribution in [-0.4, -0.2) is 35.4 Å². The van der Waals surface area contributed by atoms with Crippen LogP contribution in [0.5, 0.6) is 0 Å². The standard InChI is InChI=1S/C20H21N7O/c1-12-14-11-27(24-12)7-3-4-19(28)22-9-18-15(10-26(2)25-18)17-8-21-16-6-5-13(14)20(16)23-17/h5,8,10-11H,3-4,6-7,9H2,1-2H3,(H,22,28). The molecular weight excluding hydrogens is 354 g/mol. The molecule has 0 atom stereocenters. The Hall–Kier alpha value is -3.29. The van der Waals surface area contributed by atoms with E-state index in [0.29, 0.717) is 19.5 Å². The number of rotatable bonds is 0. The van der Waals surface area contributed by atoms with Crippen LogP contribution in [-0.2, 0) is 31.4 Å². The monoisotopic (exact) mass is 375 g/mol. The fourth-order valence-electron chi connectivity index (χ4n) is 3.89. The summed E-state index contributed by atoms with van der Waals surface area (Å²) >= 11 is 0. The fourth-order valence-corrected chi connectivity index (χ4v) is 3.89. The van der Waals surface area contributed by atoms with E-state index in [4.69, 9.17) is 4.98 Å². The molecule has 3 aromatic heterocycles. The first kappa shape index (κ1) is 16.9. The number of aryl methyl sites for hydroxylation is 3. The van der Waals surface area contributed by atoms with E-state index in [-0.39, 0.29) is 5.91 Å². The van der Waals surface area contributed by atoms with E-state index in [2.05, 4.69) is 32.8 Å². The number of carbonyl (C=O) groups excluding carboxylic acids is 1. The van der Waals surface area contributed by atoms with Crippen LogP contribution in [0.4, 0.5) is 0 Å². The molecule has 8 heteroatoms. The van der Waals surface area contributed by atoms with Crippen molar-refractivity contribution in [2.45, 2.75) is 39.3 Å². The van der Waals surface area contributed by atoms with Crippen LogP contribution in [0.15, 0.2) is 24.7 Å². The van der Waals surface area contributed by atoms with Crippen molar-refractivity contribution in [3.8, 4) is 11.3 Å². The molecule has 1 amide bonds. The van der Waals surface area contributed by atoms with Crippen molar-refractivity contribution in [2.75, 3.05) is 0 Å². The molecule has 8 nitrogen and oxygen atoms in total. The van der Waals surface area contributed by atoms with Gasteiger partial charge in [-0.25, -0.2) is 4.98 Å². The van der Waals surface area contributed by atoms with E-state index < -0.39 is 0 Å². The third kappa shape index (κ3) is 2.81. The molecule has 3 aromatic rings. The van der Waals surface area contributed by atoms with Crippen molar-refractivity contribution in [1.29, 1.82) is 0 Å². The van der Waals surface area contributed by atoms with Gasteiger partial charge in [-0.05, 0) is 13.3 Å². The number of hydrogen-bond acceptors (Lipinski definition) is 5. The number of hydrogen-bond donors (Lipinski definition) is 1. The highest BCUT2D eigenvalue weighted by atomic mass is 16.1. The second-order valence-electron chi connectivity index (χ2n) is 7.31. The van der Waals surface area contributed by atoms with Crippen molar-refractivity contribution in [3.63, 3.8) is 0 Å². The zero-order chi connectivity index (χ0) is 19.3. The quantitative estimate of drug-likeness (QED) is 0.647. The van der Waals surface area contributed by atoms with Gasteiger partial charge in [-0.2, -0.15) is 10.2 Å². The molecule has 142 valence electrons. The first-order valence-corrected chi connectivity index (χ1v) is 9.49. The lowest BCUT2D eigenvalue weighted by molar-refractivity contribution is -0.121. The first-order valence-electron chi connectivity index (χ1n) is 9.49. The lowest BCUT2D eigenvalue weighted by Crippen LogP contribution is -2.23. The molecule has 0 unspecified atom stereocenters.